The van der Waals surface area contributed by atoms with Crippen molar-refractivity contribution in [1.29, 1.82) is 0 Å². The first kappa shape index (κ1) is 21.6. The third kappa shape index (κ3) is 5.07. The Morgan fingerprint density at radius 1 is 1.20 bits per heavy atom. The fraction of sp³-hybridized carbons (Fsp3) is 0.318. The van der Waals surface area contributed by atoms with E-state index in [1.165, 1.54) is 11.3 Å². The van der Waals surface area contributed by atoms with E-state index in [2.05, 4.69) is 27.8 Å². The average molecular weight is 427 g/mol. The summed E-state index contributed by atoms with van der Waals surface area (Å²) in [6.45, 7) is 7.89. The van der Waals surface area contributed by atoms with E-state index in [-0.39, 0.29) is 12.5 Å². The minimum atomic E-state index is -0.220. The predicted molar refractivity (Wildman–Crippen MR) is 123 cm³/mol. The number of ether oxygens (including phenoxy) is 2. The molecule has 7 nitrogen and oxygen atoms in total. The monoisotopic (exact) mass is 426 g/mol. The van der Waals surface area contributed by atoms with Gasteiger partial charge in [0.1, 0.15) is 11.5 Å². The summed E-state index contributed by atoms with van der Waals surface area (Å²) in [7, 11) is 1.60. The molecule has 158 valence electrons. The molecule has 1 amide bonds. The maximum Gasteiger partial charge on any atom is 0.262 e. The third-order valence-corrected chi connectivity index (χ3v) is 5.76. The van der Waals surface area contributed by atoms with Crippen molar-refractivity contribution in [2.75, 3.05) is 24.5 Å². The van der Waals surface area contributed by atoms with Gasteiger partial charge in [0.25, 0.3) is 5.91 Å². The van der Waals surface area contributed by atoms with Crippen molar-refractivity contribution in [3.8, 4) is 11.5 Å². The minimum absolute atomic E-state index is 0.0796. The van der Waals surface area contributed by atoms with Gasteiger partial charge in [-0.1, -0.05) is 18.3 Å². The molecule has 1 aromatic heterocycles. The smallest absolute Gasteiger partial charge is 0.262 e. The van der Waals surface area contributed by atoms with Gasteiger partial charge in [-0.15, -0.1) is 0 Å². The van der Waals surface area contributed by atoms with Crippen LogP contribution >= 0.6 is 11.3 Å². The number of fused-ring (bicyclic) bond motifs is 1. The predicted octanol–water partition coefficient (Wildman–Crippen LogP) is 5.14. The Morgan fingerprint density at radius 2 is 1.90 bits per heavy atom. The van der Waals surface area contributed by atoms with E-state index in [1.807, 2.05) is 26.8 Å². The SMILES string of the molecule is CC/C(C)=N/Nc1nc2cc(C)c(NC(=O)COc3ccc(OC)cc3)c(C)c2s1. The van der Waals surface area contributed by atoms with Crippen LogP contribution in [0.4, 0.5) is 10.8 Å². The van der Waals surface area contributed by atoms with Crippen molar-refractivity contribution in [3.05, 3.63) is 41.5 Å². The summed E-state index contributed by atoms with van der Waals surface area (Å²) < 4.78 is 11.7. The summed E-state index contributed by atoms with van der Waals surface area (Å²) in [5, 5.41) is 8.02. The number of hydrogen-bond acceptors (Lipinski definition) is 7. The van der Waals surface area contributed by atoms with Gasteiger partial charge in [0, 0.05) is 11.4 Å². The zero-order valence-electron chi connectivity index (χ0n) is 17.8. The van der Waals surface area contributed by atoms with E-state index < -0.39 is 0 Å². The van der Waals surface area contributed by atoms with Crippen LogP contribution in [0.3, 0.4) is 0 Å². The Kier molecular flexibility index (Phi) is 6.89. The zero-order chi connectivity index (χ0) is 21.7. The van der Waals surface area contributed by atoms with E-state index in [9.17, 15) is 4.79 Å². The van der Waals surface area contributed by atoms with Crippen molar-refractivity contribution < 1.29 is 14.3 Å². The van der Waals surface area contributed by atoms with E-state index in [1.54, 1.807) is 31.4 Å². The van der Waals surface area contributed by atoms with E-state index in [4.69, 9.17) is 9.47 Å². The molecule has 0 aliphatic carbocycles. The molecule has 0 unspecified atom stereocenters. The molecule has 2 aromatic carbocycles. The Bertz CT molecular complexity index is 1070. The van der Waals surface area contributed by atoms with E-state index >= 15 is 0 Å². The summed E-state index contributed by atoms with van der Waals surface area (Å²) >= 11 is 1.52. The molecule has 0 atom stereocenters. The highest BCUT2D eigenvalue weighted by molar-refractivity contribution is 7.22. The lowest BCUT2D eigenvalue weighted by molar-refractivity contribution is -0.118. The van der Waals surface area contributed by atoms with E-state index in [0.717, 1.165) is 50.0 Å². The quantitative estimate of drug-likeness (QED) is 0.385. The van der Waals surface area contributed by atoms with Crippen LogP contribution < -0.4 is 20.2 Å². The molecule has 3 aromatic rings. The Morgan fingerprint density at radius 3 is 2.57 bits per heavy atom. The molecule has 0 saturated heterocycles. The molecule has 0 fully saturated rings. The van der Waals surface area contributed by atoms with Crippen molar-refractivity contribution in [2.24, 2.45) is 5.10 Å². The standard InChI is InChI=1S/C22H26N4O3S/c1-6-14(3)25-26-22-23-18-11-13(2)20(15(4)21(18)30-22)24-19(27)12-29-17-9-7-16(28-5)8-10-17/h7-11H,6,12H2,1-5H3,(H,23,26)(H,24,27)/b25-14+. The Labute approximate surface area is 180 Å². The van der Waals surface area contributed by atoms with Gasteiger partial charge in [0.05, 0.1) is 17.3 Å². The van der Waals surface area contributed by atoms with Gasteiger partial charge in [0.15, 0.2) is 6.61 Å². The number of hydrazone groups is 1. The van der Waals surface area contributed by atoms with Gasteiger partial charge in [-0.3, -0.25) is 10.2 Å². The van der Waals surface area contributed by atoms with Crippen LogP contribution in [0.1, 0.15) is 31.4 Å². The lowest BCUT2D eigenvalue weighted by Gasteiger charge is -2.13. The average Bonchev–Trinajstić information content (AvgIpc) is 3.16. The molecule has 8 heteroatoms. The zero-order valence-corrected chi connectivity index (χ0v) is 18.6. The summed E-state index contributed by atoms with van der Waals surface area (Å²) in [4.78, 5) is 17.1. The molecule has 0 saturated carbocycles. The fourth-order valence-corrected chi connectivity index (χ4v) is 3.74. The van der Waals surface area contributed by atoms with Crippen LogP contribution in [0.5, 0.6) is 11.5 Å². The summed E-state index contributed by atoms with van der Waals surface area (Å²) in [5.41, 5.74) is 7.62. The molecule has 0 bridgehead atoms. The molecule has 1 heterocycles. The number of amides is 1. The summed E-state index contributed by atoms with van der Waals surface area (Å²) in [5.74, 6) is 1.12. The summed E-state index contributed by atoms with van der Waals surface area (Å²) in [6.07, 6.45) is 0.880. The molecule has 0 spiro atoms. The topological polar surface area (TPSA) is 84.8 Å². The normalized spacial score (nSPS) is 11.4. The summed E-state index contributed by atoms with van der Waals surface area (Å²) in [6, 6.07) is 9.08. The van der Waals surface area contributed by atoms with E-state index in [0.29, 0.717) is 5.75 Å². The number of aryl methyl sites for hydroxylation is 2. The maximum absolute atomic E-state index is 12.5. The van der Waals surface area contributed by atoms with Crippen molar-refractivity contribution in [3.63, 3.8) is 0 Å². The van der Waals surface area contributed by atoms with Gasteiger partial charge in [-0.2, -0.15) is 5.10 Å². The number of aromatic nitrogens is 1. The molecule has 2 N–H and O–H groups in total. The second kappa shape index (κ2) is 9.58. The maximum atomic E-state index is 12.5. The molecule has 0 radical (unpaired) electrons. The van der Waals surface area contributed by atoms with Gasteiger partial charge < -0.3 is 14.8 Å². The Hall–Kier alpha value is -3.13. The number of hydrogen-bond donors (Lipinski definition) is 2. The molecule has 0 aliphatic rings. The molecule has 3 rings (SSSR count). The first-order valence-corrected chi connectivity index (χ1v) is 10.5. The van der Waals surface area contributed by atoms with Crippen molar-refractivity contribution in [2.45, 2.75) is 34.1 Å². The first-order valence-electron chi connectivity index (χ1n) is 9.67. The number of rotatable bonds is 8. The van der Waals surface area contributed by atoms with Gasteiger partial charge in [-0.05, 0) is 68.7 Å². The van der Waals surface area contributed by atoms with Gasteiger partial charge >= 0.3 is 0 Å². The highest BCUT2D eigenvalue weighted by Crippen LogP contribution is 2.35. The number of methoxy groups -OCH3 is 1. The highest BCUT2D eigenvalue weighted by Gasteiger charge is 2.15. The lowest BCUT2D eigenvalue weighted by atomic mass is 10.1. The van der Waals surface area contributed by atoms with Crippen LogP contribution in [0, 0.1) is 13.8 Å². The first-order chi connectivity index (χ1) is 14.4. The Balaban J connectivity index is 1.72. The van der Waals surface area contributed by atoms with Crippen LogP contribution in [-0.2, 0) is 4.79 Å². The highest BCUT2D eigenvalue weighted by atomic mass is 32.1. The van der Waals surface area contributed by atoms with Crippen LogP contribution in [0.15, 0.2) is 35.4 Å². The van der Waals surface area contributed by atoms with Crippen molar-refractivity contribution in [1.82, 2.24) is 4.98 Å². The molecular weight excluding hydrogens is 400 g/mol. The third-order valence-electron chi connectivity index (χ3n) is 4.66. The number of nitrogens with zero attached hydrogens (tertiary/aromatic N) is 2. The van der Waals surface area contributed by atoms with Crippen LogP contribution in [-0.4, -0.2) is 30.3 Å². The number of carbonyl (C=O) groups is 1. The molecule has 0 aliphatic heterocycles. The number of carbonyl (C=O) groups excluding carboxylic acids is 1. The second-order valence-electron chi connectivity index (χ2n) is 6.89. The van der Waals surface area contributed by atoms with Crippen LogP contribution in [0.2, 0.25) is 0 Å². The largest absolute Gasteiger partial charge is 0.497 e. The number of anilines is 2. The number of benzene rings is 2. The van der Waals surface area contributed by atoms with Crippen LogP contribution in [0.25, 0.3) is 10.2 Å². The van der Waals surface area contributed by atoms with Gasteiger partial charge in [-0.25, -0.2) is 4.98 Å². The number of nitrogens with one attached hydrogen (secondary N) is 2. The van der Waals surface area contributed by atoms with Crippen molar-refractivity contribution >= 4 is 44.0 Å². The van der Waals surface area contributed by atoms with Gasteiger partial charge in [0.2, 0.25) is 5.13 Å². The minimum Gasteiger partial charge on any atom is -0.497 e. The second-order valence-corrected chi connectivity index (χ2v) is 7.88. The lowest BCUT2D eigenvalue weighted by Crippen LogP contribution is -2.21. The molecule has 30 heavy (non-hydrogen) atoms. The fourth-order valence-electron chi connectivity index (χ4n) is 2.84. The molecular formula is C22H26N4O3S. The number of thiazole rings is 1.